The molecular formula is C17H17NO4S. The third kappa shape index (κ3) is 4.50. The number of aliphatic carboxylic acids is 1. The van der Waals surface area contributed by atoms with Crippen molar-refractivity contribution in [1.29, 1.82) is 0 Å². The minimum absolute atomic E-state index is 0.00295. The van der Waals surface area contributed by atoms with Gasteiger partial charge in [-0.1, -0.05) is 24.3 Å². The minimum atomic E-state index is -1.10. The standard InChI is InChI=1S/C17H17NO4S/c1-11-13(8-5-9-15(11)19)16(20)18-14(17(21)22)10-23-12-6-3-2-4-7-12/h2-9,14,19H,10H2,1H3,(H,18,20)(H,21,22)/t14-/m0/s1. The zero-order valence-electron chi connectivity index (χ0n) is 12.5. The normalized spacial score (nSPS) is 11.7. The Labute approximate surface area is 138 Å². The van der Waals surface area contributed by atoms with Crippen LogP contribution in [-0.4, -0.2) is 33.9 Å². The Morgan fingerprint density at radius 3 is 2.48 bits per heavy atom. The van der Waals surface area contributed by atoms with E-state index in [4.69, 9.17) is 0 Å². The molecule has 6 heteroatoms. The van der Waals surface area contributed by atoms with E-state index in [0.29, 0.717) is 5.56 Å². The number of carbonyl (C=O) groups excluding carboxylic acids is 1. The molecule has 1 atom stereocenters. The molecule has 2 rings (SSSR count). The lowest BCUT2D eigenvalue weighted by molar-refractivity contribution is -0.138. The number of carboxylic acid groups (broad SMARTS) is 1. The third-order valence-electron chi connectivity index (χ3n) is 3.31. The second kappa shape index (κ2) is 7.69. The topological polar surface area (TPSA) is 86.6 Å². The van der Waals surface area contributed by atoms with Gasteiger partial charge >= 0.3 is 5.97 Å². The molecule has 0 aromatic heterocycles. The lowest BCUT2D eigenvalue weighted by Gasteiger charge is -2.15. The maximum Gasteiger partial charge on any atom is 0.327 e. The number of phenols is 1. The molecule has 0 spiro atoms. The van der Waals surface area contributed by atoms with Crippen molar-refractivity contribution in [2.45, 2.75) is 17.9 Å². The fourth-order valence-electron chi connectivity index (χ4n) is 1.98. The molecule has 0 radical (unpaired) electrons. The van der Waals surface area contributed by atoms with Gasteiger partial charge in [0, 0.05) is 21.8 Å². The van der Waals surface area contributed by atoms with E-state index in [-0.39, 0.29) is 17.1 Å². The quantitative estimate of drug-likeness (QED) is 0.709. The fraction of sp³-hybridized carbons (Fsp3) is 0.176. The average molecular weight is 331 g/mol. The van der Waals surface area contributed by atoms with Crippen molar-refractivity contribution >= 4 is 23.6 Å². The Bertz CT molecular complexity index is 703. The number of aromatic hydroxyl groups is 1. The number of rotatable bonds is 6. The van der Waals surface area contributed by atoms with Crippen molar-refractivity contribution in [2.24, 2.45) is 0 Å². The number of hydrogen-bond donors (Lipinski definition) is 3. The van der Waals surface area contributed by atoms with Gasteiger partial charge in [-0.05, 0) is 31.2 Å². The molecule has 0 bridgehead atoms. The fourth-order valence-corrected chi connectivity index (χ4v) is 2.91. The number of nitrogens with one attached hydrogen (secondary N) is 1. The Balaban J connectivity index is 2.05. The predicted molar refractivity (Wildman–Crippen MR) is 88.9 cm³/mol. The Morgan fingerprint density at radius 2 is 1.83 bits per heavy atom. The zero-order valence-corrected chi connectivity index (χ0v) is 13.3. The first-order valence-corrected chi connectivity index (χ1v) is 7.97. The summed E-state index contributed by atoms with van der Waals surface area (Å²) in [4.78, 5) is 24.5. The molecule has 1 amide bonds. The summed E-state index contributed by atoms with van der Waals surface area (Å²) in [5.74, 6) is -1.40. The summed E-state index contributed by atoms with van der Waals surface area (Å²) in [6.45, 7) is 1.61. The summed E-state index contributed by atoms with van der Waals surface area (Å²) in [6, 6.07) is 12.9. The van der Waals surface area contributed by atoms with E-state index in [9.17, 15) is 19.8 Å². The van der Waals surface area contributed by atoms with Crippen LogP contribution in [0.5, 0.6) is 5.75 Å². The van der Waals surface area contributed by atoms with Crippen LogP contribution in [0, 0.1) is 6.92 Å². The van der Waals surface area contributed by atoms with E-state index in [2.05, 4.69) is 5.32 Å². The van der Waals surface area contributed by atoms with Crippen molar-refractivity contribution in [1.82, 2.24) is 5.32 Å². The van der Waals surface area contributed by atoms with Gasteiger partial charge in [-0.3, -0.25) is 4.79 Å². The first-order valence-electron chi connectivity index (χ1n) is 6.99. The highest BCUT2D eigenvalue weighted by molar-refractivity contribution is 7.99. The molecule has 5 nitrogen and oxygen atoms in total. The van der Waals surface area contributed by atoms with Gasteiger partial charge in [0.25, 0.3) is 5.91 Å². The minimum Gasteiger partial charge on any atom is -0.508 e. The Kier molecular flexibility index (Phi) is 5.65. The monoisotopic (exact) mass is 331 g/mol. The summed E-state index contributed by atoms with van der Waals surface area (Å²) < 4.78 is 0. The maximum absolute atomic E-state index is 12.2. The first kappa shape index (κ1) is 16.9. The molecule has 2 aromatic rings. The van der Waals surface area contributed by atoms with Gasteiger partial charge in [0.05, 0.1) is 0 Å². The molecule has 2 aromatic carbocycles. The van der Waals surface area contributed by atoms with Crippen LogP contribution in [0.25, 0.3) is 0 Å². The molecule has 0 saturated heterocycles. The summed E-state index contributed by atoms with van der Waals surface area (Å²) in [5, 5.41) is 21.4. The van der Waals surface area contributed by atoms with Crippen molar-refractivity contribution in [2.75, 3.05) is 5.75 Å². The van der Waals surface area contributed by atoms with Crippen LogP contribution in [0.3, 0.4) is 0 Å². The summed E-state index contributed by atoms with van der Waals surface area (Å²) >= 11 is 1.36. The van der Waals surface area contributed by atoms with Crippen LogP contribution in [-0.2, 0) is 4.79 Å². The second-order valence-electron chi connectivity index (χ2n) is 4.94. The number of amides is 1. The van der Waals surface area contributed by atoms with Crippen molar-refractivity contribution in [3.8, 4) is 5.75 Å². The highest BCUT2D eigenvalue weighted by Gasteiger charge is 2.22. The summed E-state index contributed by atoms with van der Waals surface area (Å²) in [7, 11) is 0. The zero-order chi connectivity index (χ0) is 16.8. The van der Waals surface area contributed by atoms with Gasteiger partial charge in [-0.15, -0.1) is 11.8 Å². The number of benzene rings is 2. The molecule has 3 N–H and O–H groups in total. The van der Waals surface area contributed by atoms with E-state index in [1.165, 1.54) is 17.8 Å². The summed E-state index contributed by atoms with van der Waals surface area (Å²) in [5.41, 5.74) is 0.686. The highest BCUT2D eigenvalue weighted by atomic mass is 32.2. The molecule has 0 aliphatic carbocycles. The van der Waals surface area contributed by atoms with Gasteiger partial charge in [-0.2, -0.15) is 0 Å². The van der Waals surface area contributed by atoms with E-state index < -0.39 is 17.9 Å². The van der Waals surface area contributed by atoms with Crippen molar-refractivity contribution in [3.63, 3.8) is 0 Å². The molecule has 0 aliphatic heterocycles. The van der Waals surface area contributed by atoms with Gasteiger partial charge in [-0.25, -0.2) is 4.79 Å². The third-order valence-corrected chi connectivity index (χ3v) is 4.42. The van der Waals surface area contributed by atoms with Crippen LogP contribution in [0.1, 0.15) is 15.9 Å². The maximum atomic E-state index is 12.2. The van der Waals surface area contributed by atoms with Crippen LogP contribution < -0.4 is 5.32 Å². The molecule has 0 fully saturated rings. The van der Waals surface area contributed by atoms with Gasteiger partial charge in [0.15, 0.2) is 0 Å². The Morgan fingerprint density at radius 1 is 1.13 bits per heavy atom. The highest BCUT2D eigenvalue weighted by Crippen LogP contribution is 2.21. The number of hydrogen-bond acceptors (Lipinski definition) is 4. The van der Waals surface area contributed by atoms with Crippen LogP contribution in [0.2, 0.25) is 0 Å². The molecule has 0 saturated carbocycles. The average Bonchev–Trinajstić information content (AvgIpc) is 2.54. The second-order valence-corrected chi connectivity index (χ2v) is 6.03. The van der Waals surface area contributed by atoms with Crippen LogP contribution >= 0.6 is 11.8 Å². The molecule has 0 aliphatic rings. The lowest BCUT2D eigenvalue weighted by Crippen LogP contribution is -2.42. The first-order chi connectivity index (χ1) is 11.0. The number of carbonyl (C=O) groups is 2. The number of phenolic OH excluding ortho intramolecular Hbond substituents is 1. The molecular weight excluding hydrogens is 314 g/mol. The van der Waals surface area contributed by atoms with E-state index >= 15 is 0 Å². The SMILES string of the molecule is Cc1c(O)cccc1C(=O)N[C@@H](CSc1ccccc1)C(=O)O. The molecule has 0 heterocycles. The van der Waals surface area contributed by atoms with Gasteiger partial charge in [0.1, 0.15) is 11.8 Å². The van der Waals surface area contributed by atoms with E-state index in [1.54, 1.807) is 19.1 Å². The van der Waals surface area contributed by atoms with Gasteiger partial charge in [0.2, 0.25) is 0 Å². The molecule has 0 unspecified atom stereocenters. The van der Waals surface area contributed by atoms with Crippen molar-refractivity contribution < 1.29 is 19.8 Å². The molecule has 120 valence electrons. The summed E-state index contributed by atoms with van der Waals surface area (Å²) in [6.07, 6.45) is 0. The Hall–Kier alpha value is -2.47. The number of carboxylic acids is 1. The van der Waals surface area contributed by atoms with E-state index in [0.717, 1.165) is 4.90 Å². The predicted octanol–water partition coefficient (Wildman–Crippen LogP) is 2.68. The largest absolute Gasteiger partial charge is 0.508 e. The van der Waals surface area contributed by atoms with Gasteiger partial charge < -0.3 is 15.5 Å². The van der Waals surface area contributed by atoms with Crippen LogP contribution in [0.4, 0.5) is 0 Å². The van der Waals surface area contributed by atoms with E-state index in [1.807, 2.05) is 30.3 Å². The number of thioether (sulfide) groups is 1. The molecule has 23 heavy (non-hydrogen) atoms. The van der Waals surface area contributed by atoms with Crippen LogP contribution in [0.15, 0.2) is 53.4 Å². The smallest absolute Gasteiger partial charge is 0.327 e. The van der Waals surface area contributed by atoms with Crippen molar-refractivity contribution in [3.05, 3.63) is 59.7 Å². The lowest BCUT2D eigenvalue weighted by atomic mass is 10.1.